The second kappa shape index (κ2) is 7.84. The fourth-order valence-electron chi connectivity index (χ4n) is 3.29. The molecule has 2 aromatic carbocycles. The van der Waals surface area contributed by atoms with Crippen molar-refractivity contribution >= 4 is 34.6 Å². The number of para-hydroxylation sites is 1. The molecule has 6 heteroatoms. The van der Waals surface area contributed by atoms with Gasteiger partial charge in [-0.1, -0.05) is 29.8 Å². The topological polar surface area (TPSA) is 44.3 Å². The van der Waals surface area contributed by atoms with Crippen LogP contribution in [0, 0.1) is 6.92 Å². The molecule has 0 radical (unpaired) electrons. The van der Waals surface area contributed by atoms with E-state index >= 15 is 0 Å². The number of hydrogen-bond donors (Lipinski definition) is 1. The van der Waals surface area contributed by atoms with Crippen LogP contribution in [-0.2, 0) is 0 Å². The van der Waals surface area contributed by atoms with Crippen LogP contribution in [0.5, 0.6) is 0 Å². The molecule has 27 heavy (non-hydrogen) atoms. The average Bonchev–Trinajstić information content (AvgIpc) is 2.70. The maximum absolute atomic E-state index is 5.96. The molecule has 0 unspecified atom stereocenters. The lowest BCUT2D eigenvalue weighted by atomic mass is 10.2. The van der Waals surface area contributed by atoms with Gasteiger partial charge in [0, 0.05) is 48.6 Å². The van der Waals surface area contributed by atoms with Crippen LogP contribution < -0.4 is 15.1 Å². The van der Waals surface area contributed by atoms with Crippen LogP contribution in [-0.4, -0.2) is 36.1 Å². The first-order valence-electron chi connectivity index (χ1n) is 9.10. The van der Waals surface area contributed by atoms with Gasteiger partial charge in [-0.05, 0) is 43.3 Å². The number of benzene rings is 2. The molecule has 1 N–H and O–H groups in total. The van der Waals surface area contributed by atoms with Crippen molar-refractivity contribution < 1.29 is 0 Å². The molecule has 0 bridgehead atoms. The standard InChI is InChI=1S/C21H22ClN5/c1-16-23-20(25-18-9-7-17(22)8-10-18)15-21(24-16)27-13-11-26(12-14-27)19-5-3-2-4-6-19/h2-10,15H,11-14H2,1H3,(H,23,24,25). The van der Waals surface area contributed by atoms with E-state index < -0.39 is 0 Å². The maximum atomic E-state index is 5.96. The summed E-state index contributed by atoms with van der Waals surface area (Å²) in [6, 6.07) is 20.2. The number of rotatable bonds is 4. The summed E-state index contributed by atoms with van der Waals surface area (Å²) in [6.45, 7) is 5.76. The number of aromatic nitrogens is 2. The summed E-state index contributed by atoms with van der Waals surface area (Å²) in [5.74, 6) is 2.52. The van der Waals surface area contributed by atoms with Gasteiger partial charge in [-0.3, -0.25) is 0 Å². The smallest absolute Gasteiger partial charge is 0.136 e. The summed E-state index contributed by atoms with van der Waals surface area (Å²) >= 11 is 5.96. The van der Waals surface area contributed by atoms with Crippen LogP contribution in [0.15, 0.2) is 60.7 Å². The van der Waals surface area contributed by atoms with Crippen LogP contribution in [0.3, 0.4) is 0 Å². The van der Waals surface area contributed by atoms with Crippen molar-refractivity contribution in [3.05, 3.63) is 71.5 Å². The third-order valence-electron chi connectivity index (χ3n) is 4.67. The van der Waals surface area contributed by atoms with Gasteiger partial charge in [0.2, 0.25) is 0 Å². The van der Waals surface area contributed by atoms with E-state index in [1.807, 2.05) is 37.3 Å². The second-order valence-corrected chi connectivity index (χ2v) is 7.04. The molecule has 1 aromatic heterocycles. The lowest BCUT2D eigenvalue weighted by Crippen LogP contribution is -2.46. The Bertz CT molecular complexity index is 890. The van der Waals surface area contributed by atoms with E-state index in [9.17, 15) is 0 Å². The highest BCUT2D eigenvalue weighted by atomic mass is 35.5. The van der Waals surface area contributed by atoms with Crippen LogP contribution in [0.25, 0.3) is 0 Å². The molecule has 1 aliphatic rings. The third-order valence-corrected chi connectivity index (χ3v) is 4.92. The highest BCUT2D eigenvalue weighted by molar-refractivity contribution is 6.30. The number of aryl methyl sites for hydroxylation is 1. The SMILES string of the molecule is Cc1nc(Nc2ccc(Cl)cc2)cc(N2CCN(c3ccccc3)CC2)n1. The van der Waals surface area contributed by atoms with Crippen molar-refractivity contribution in [3.8, 4) is 0 Å². The molecule has 1 aliphatic heterocycles. The third kappa shape index (κ3) is 4.31. The molecular weight excluding hydrogens is 358 g/mol. The first kappa shape index (κ1) is 17.6. The van der Waals surface area contributed by atoms with Crippen LogP contribution in [0.4, 0.5) is 23.0 Å². The molecule has 138 valence electrons. The molecule has 4 rings (SSSR count). The van der Waals surface area contributed by atoms with Gasteiger partial charge in [0.25, 0.3) is 0 Å². The minimum absolute atomic E-state index is 0.719. The lowest BCUT2D eigenvalue weighted by molar-refractivity contribution is 0.646. The number of halogens is 1. The molecular formula is C21H22ClN5. The van der Waals surface area contributed by atoms with Gasteiger partial charge in [0.1, 0.15) is 17.5 Å². The van der Waals surface area contributed by atoms with E-state index in [1.54, 1.807) is 0 Å². The van der Waals surface area contributed by atoms with Crippen molar-refractivity contribution in [3.63, 3.8) is 0 Å². The number of hydrogen-bond acceptors (Lipinski definition) is 5. The molecule has 0 spiro atoms. The normalized spacial score (nSPS) is 14.3. The molecule has 2 heterocycles. The molecule has 5 nitrogen and oxygen atoms in total. The monoisotopic (exact) mass is 379 g/mol. The van der Waals surface area contributed by atoms with Gasteiger partial charge < -0.3 is 15.1 Å². The Balaban J connectivity index is 1.46. The van der Waals surface area contributed by atoms with E-state index in [-0.39, 0.29) is 0 Å². The van der Waals surface area contributed by atoms with Gasteiger partial charge in [0.15, 0.2) is 0 Å². The highest BCUT2D eigenvalue weighted by Gasteiger charge is 2.19. The Morgan fingerprint density at radius 3 is 2.22 bits per heavy atom. The first-order chi connectivity index (χ1) is 13.2. The van der Waals surface area contributed by atoms with Gasteiger partial charge >= 0.3 is 0 Å². The predicted octanol–water partition coefficient (Wildman–Crippen LogP) is 4.51. The fourth-order valence-corrected chi connectivity index (χ4v) is 3.42. The van der Waals surface area contributed by atoms with Gasteiger partial charge in [0.05, 0.1) is 0 Å². The lowest BCUT2D eigenvalue weighted by Gasteiger charge is -2.36. The molecule has 0 aliphatic carbocycles. The Kier molecular flexibility index (Phi) is 5.12. The van der Waals surface area contributed by atoms with Gasteiger partial charge in [-0.25, -0.2) is 9.97 Å². The zero-order chi connectivity index (χ0) is 18.6. The first-order valence-corrected chi connectivity index (χ1v) is 9.48. The molecule has 0 saturated carbocycles. The van der Waals surface area contributed by atoms with E-state index in [2.05, 4.69) is 55.4 Å². The van der Waals surface area contributed by atoms with E-state index in [0.29, 0.717) is 0 Å². The van der Waals surface area contributed by atoms with E-state index in [1.165, 1.54) is 5.69 Å². The fraction of sp³-hybridized carbons (Fsp3) is 0.238. The van der Waals surface area contributed by atoms with Crippen molar-refractivity contribution in [2.45, 2.75) is 6.92 Å². The van der Waals surface area contributed by atoms with Crippen LogP contribution in [0.2, 0.25) is 5.02 Å². The maximum Gasteiger partial charge on any atom is 0.136 e. The molecule has 1 fully saturated rings. The van der Waals surface area contributed by atoms with Gasteiger partial charge in [-0.15, -0.1) is 0 Å². The second-order valence-electron chi connectivity index (χ2n) is 6.60. The molecule has 0 atom stereocenters. The van der Waals surface area contributed by atoms with Gasteiger partial charge in [-0.2, -0.15) is 0 Å². The van der Waals surface area contributed by atoms with Crippen LogP contribution in [0.1, 0.15) is 5.82 Å². The molecule has 0 amide bonds. The Hall–Kier alpha value is -2.79. The predicted molar refractivity (Wildman–Crippen MR) is 112 cm³/mol. The van der Waals surface area contributed by atoms with Crippen LogP contribution >= 0.6 is 11.6 Å². The quantitative estimate of drug-likeness (QED) is 0.722. The summed E-state index contributed by atoms with van der Waals surface area (Å²) in [7, 11) is 0. The summed E-state index contributed by atoms with van der Waals surface area (Å²) in [4.78, 5) is 13.9. The van der Waals surface area contributed by atoms with E-state index in [4.69, 9.17) is 11.6 Å². The number of anilines is 4. The molecule has 3 aromatic rings. The highest BCUT2D eigenvalue weighted by Crippen LogP contribution is 2.23. The van der Waals surface area contributed by atoms with Crippen molar-refractivity contribution in [1.29, 1.82) is 0 Å². The average molecular weight is 380 g/mol. The summed E-state index contributed by atoms with van der Waals surface area (Å²) < 4.78 is 0. The zero-order valence-corrected chi connectivity index (χ0v) is 16.0. The number of nitrogens with one attached hydrogen (secondary N) is 1. The largest absolute Gasteiger partial charge is 0.368 e. The van der Waals surface area contributed by atoms with Crippen molar-refractivity contribution in [2.75, 3.05) is 41.3 Å². The minimum atomic E-state index is 0.719. The summed E-state index contributed by atoms with van der Waals surface area (Å²) in [5.41, 5.74) is 2.23. The molecule has 1 saturated heterocycles. The van der Waals surface area contributed by atoms with Crippen molar-refractivity contribution in [2.24, 2.45) is 0 Å². The Morgan fingerprint density at radius 2 is 1.52 bits per heavy atom. The number of nitrogens with zero attached hydrogens (tertiary/aromatic N) is 4. The van der Waals surface area contributed by atoms with Crippen molar-refractivity contribution in [1.82, 2.24) is 9.97 Å². The Labute approximate surface area is 164 Å². The van der Waals surface area contributed by atoms with E-state index in [0.717, 1.165) is 54.3 Å². The Morgan fingerprint density at radius 1 is 0.852 bits per heavy atom. The summed E-state index contributed by atoms with van der Waals surface area (Å²) in [5, 5.41) is 4.06. The zero-order valence-electron chi connectivity index (χ0n) is 15.3. The number of piperazine rings is 1. The summed E-state index contributed by atoms with van der Waals surface area (Å²) in [6.07, 6.45) is 0. The minimum Gasteiger partial charge on any atom is -0.368 e.